The van der Waals surface area contributed by atoms with Crippen molar-refractivity contribution in [3.63, 3.8) is 0 Å². The van der Waals surface area contributed by atoms with Crippen LogP contribution in [0.1, 0.15) is 168 Å². The number of ether oxygens (including phenoxy) is 2. The molecule has 0 radical (unpaired) electrons. The van der Waals surface area contributed by atoms with E-state index in [9.17, 15) is 14.7 Å². The average molecular weight is 591 g/mol. The fraction of sp³-hybridized carbons (Fsp3) is 0.784. The molecule has 0 saturated carbocycles. The van der Waals surface area contributed by atoms with Gasteiger partial charge in [-0.25, -0.2) is 0 Å². The van der Waals surface area contributed by atoms with Crippen molar-refractivity contribution in [2.75, 3.05) is 13.2 Å². The van der Waals surface area contributed by atoms with Gasteiger partial charge in [0, 0.05) is 12.8 Å². The fourth-order valence-corrected chi connectivity index (χ4v) is 4.74. The molecule has 0 rings (SSSR count). The zero-order chi connectivity index (χ0) is 30.8. The molecule has 0 aliphatic carbocycles. The summed E-state index contributed by atoms with van der Waals surface area (Å²) in [6, 6.07) is 0. The first-order chi connectivity index (χ1) is 20.6. The molecule has 0 aliphatic rings. The van der Waals surface area contributed by atoms with Crippen LogP contribution in [0.15, 0.2) is 36.5 Å². The van der Waals surface area contributed by atoms with Gasteiger partial charge in [0.1, 0.15) is 6.61 Å². The van der Waals surface area contributed by atoms with E-state index in [1.54, 1.807) is 0 Å². The topological polar surface area (TPSA) is 72.8 Å². The van der Waals surface area contributed by atoms with Gasteiger partial charge in [0.05, 0.1) is 6.61 Å². The van der Waals surface area contributed by atoms with E-state index in [4.69, 9.17) is 9.47 Å². The SMILES string of the molecule is CCCCC/C=C/C/C=C/C/C=C/CCCCCCC(=O)O[C@@H](CO)COC(=O)CCCCCCCCCCCCC. The molecular weight excluding hydrogens is 524 g/mol. The lowest BCUT2D eigenvalue weighted by molar-refractivity contribution is -0.161. The van der Waals surface area contributed by atoms with Gasteiger partial charge in [-0.05, 0) is 51.4 Å². The largest absolute Gasteiger partial charge is 0.462 e. The lowest BCUT2D eigenvalue weighted by Gasteiger charge is -2.15. The molecule has 0 aromatic carbocycles. The summed E-state index contributed by atoms with van der Waals surface area (Å²) in [5.74, 6) is -0.617. The number of aliphatic hydroxyl groups is 1. The van der Waals surface area contributed by atoms with Crippen molar-refractivity contribution in [1.82, 2.24) is 0 Å². The van der Waals surface area contributed by atoms with Crippen molar-refractivity contribution in [2.24, 2.45) is 0 Å². The van der Waals surface area contributed by atoms with Crippen LogP contribution in [0.3, 0.4) is 0 Å². The first-order valence-corrected chi connectivity index (χ1v) is 17.5. The number of esters is 2. The highest BCUT2D eigenvalue weighted by molar-refractivity contribution is 5.70. The number of allylic oxidation sites excluding steroid dienone is 6. The Kier molecular flexibility index (Phi) is 32.1. The quantitative estimate of drug-likeness (QED) is 0.0494. The number of hydrogen-bond acceptors (Lipinski definition) is 5. The summed E-state index contributed by atoms with van der Waals surface area (Å²) in [7, 11) is 0. The van der Waals surface area contributed by atoms with Gasteiger partial charge in [-0.1, -0.05) is 140 Å². The maximum atomic E-state index is 12.1. The van der Waals surface area contributed by atoms with Gasteiger partial charge >= 0.3 is 11.9 Å². The van der Waals surface area contributed by atoms with Gasteiger partial charge < -0.3 is 14.6 Å². The number of aliphatic hydroxyl groups excluding tert-OH is 1. The predicted octanol–water partition coefficient (Wildman–Crippen LogP) is 10.5. The molecule has 1 N–H and O–H groups in total. The minimum atomic E-state index is -0.778. The summed E-state index contributed by atoms with van der Waals surface area (Å²) in [4.78, 5) is 24.1. The lowest BCUT2D eigenvalue weighted by atomic mass is 10.1. The first kappa shape index (κ1) is 40.1. The van der Waals surface area contributed by atoms with Crippen LogP contribution in [0, 0.1) is 0 Å². The van der Waals surface area contributed by atoms with Crippen molar-refractivity contribution >= 4 is 11.9 Å². The molecule has 0 saturated heterocycles. The Morgan fingerprint density at radius 2 is 0.952 bits per heavy atom. The molecule has 0 heterocycles. The molecule has 5 heteroatoms. The van der Waals surface area contributed by atoms with Crippen molar-refractivity contribution in [1.29, 1.82) is 0 Å². The molecule has 0 aromatic heterocycles. The Hall–Kier alpha value is -1.88. The van der Waals surface area contributed by atoms with Crippen LogP contribution < -0.4 is 0 Å². The molecule has 0 aromatic rings. The Morgan fingerprint density at radius 3 is 1.48 bits per heavy atom. The number of rotatable bonds is 31. The van der Waals surface area contributed by atoms with Crippen molar-refractivity contribution < 1.29 is 24.2 Å². The number of carbonyl (C=O) groups is 2. The zero-order valence-corrected chi connectivity index (χ0v) is 27.5. The standard InChI is InChI=1S/C37H66O5/c1-3-5-7-9-11-13-15-16-17-18-19-20-22-24-26-28-30-32-37(40)42-35(33-38)34-41-36(39)31-29-27-25-23-21-14-12-10-8-6-4-2/h11,13,16-17,19-20,35,38H,3-10,12,14-15,18,21-34H2,1-2H3/b13-11+,17-16+,20-19+/t35-/m0/s1. The predicted molar refractivity (Wildman–Crippen MR) is 178 cm³/mol. The van der Waals surface area contributed by atoms with E-state index in [0.29, 0.717) is 12.8 Å². The molecule has 42 heavy (non-hydrogen) atoms. The molecule has 244 valence electrons. The van der Waals surface area contributed by atoms with Crippen LogP contribution in [-0.4, -0.2) is 36.4 Å². The van der Waals surface area contributed by atoms with Gasteiger partial charge in [-0.15, -0.1) is 0 Å². The Balaban J connectivity index is 3.63. The third kappa shape index (κ3) is 31.1. The first-order valence-electron chi connectivity index (χ1n) is 17.5. The number of carbonyl (C=O) groups excluding carboxylic acids is 2. The number of unbranched alkanes of at least 4 members (excludes halogenated alkanes) is 17. The third-order valence-corrected chi connectivity index (χ3v) is 7.44. The molecule has 0 aliphatic heterocycles. The highest BCUT2D eigenvalue weighted by atomic mass is 16.6. The van der Waals surface area contributed by atoms with Crippen molar-refractivity contribution in [3.8, 4) is 0 Å². The van der Waals surface area contributed by atoms with Crippen molar-refractivity contribution in [2.45, 2.75) is 174 Å². The van der Waals surface area contributed by atoms with E-state index in [-0.39, 0.29) is 25.2 Å². The summed E-state index contributed by atoms with van der Waals surface area (Å²) >= 11 is 0. The zero-order valence-electron chi connectivity index (χ0n) is 27.5. The smallest absolute Gasteiger partial charge is 0.306 e. The molecule has 5 nitrogen and oxygen atoms in total. The second-order valence-corrected chi connectivity index (χ2v) is 11.6. The van der Waals surface area contributed by atoms with E-state index in [0.717, 1.165) is 64.2 Å². The Labute approximate surface area is 259 Å². The van der Waals surface area contributed by atoms with Gasteiger partial charge in [-0.3, -0.25) is 9.59 Å². The number of hydrogen-bond donors (Lipinski definition) is 1. The van der Waals surface area contributed by atoms with E-state index < -0.39 is 6.10 Å². The highest BCUT2D eigenvalue weighted by Crippen LogP contribution is 2.13. The maximum Gasteiger partial charge on any atom is 0.306 e. The molecule has 1 atom stereocenters. The second-order valence-electron chi connectivity index (χ2n) is 11.6. The van der Waals surface area contributed by atoms with Gasteiger partial charge in [0.15, 0.2) is 6.10 Å². The van der Waals surface area contributed by atoms with E-state index in [2.05, 4.69) is 50.3 Å². The minimum Gasteiger partial charge on any atom is -0.462 e. The molecule has 0 spiro atoms. The fourth-order valence-electron chi connectivity index (χ4n) is 4.74. The molecule has 0 bridgehead atoms. The summed E-state index contributed by atoms with van der Waals surface area (Å²) < 4.78 is 10.5. The summed E-state index contributed by atoms with van der Waals surface area (Å²) in [5, 5.41) is 9.50. The summed E-state index contributed by atoms with van der Waals surface area (Å²) in [6.07, 6.45) is 39.1. The molecular formula is C37H66O5. The second kappa shape index (κ2) is 33.6. The third-order valence-electron chi connectivity index (χ3n) is 7.44. The van der Waals surface area contributed by atoms with E-state index >= 15 is 0 Å². The van der Waals surface area contributed by atoms with Crippen LogP contribution in [0.4, 0.5) is 0 Å². The average Bonchev–Trinajstić information content (AvgIpc) is 2.99. The van der Waals surface area contributed by atoms with Crippen molar-refractivity contribution in [3.05, 3.63) is 36.5 Å². The van der Waals surface area contributed by atoms with Crippen LogP contribution in [0.5, 0.6) is 0 Å². The van der Waals surface area contributed by atoms with Crippen LogP contribution >= 0.6 is 0 Å². The van der Waals surface area contributed by atoms with Gasteiger partial charge in [-0.2, -0.15) is 0 Å². The van der Waals surface area contributed by atoms with Crippen LogP contribution in [0.25, 0.3) is 0 Å². The van der Waals surface area contributed by atoms with Crippen LogP contribution in [-0.2, 0) is 19.1 Å². The molecule has 0 unspecified atom stereocenters. The normalized spacial score (nSPS) is 12.5. The summed E-state index contributed by atoms with van der Waals surface area (Å²) in [5.41, 5.74) is 0. The lowest BCUT2D eigenvalue weighted by Crippen LogP contribution is -2.28. The van der Waals surface area contributed by atoms with E-state index in [1.807, 2.05) is 0 Å². The molecule has 0 fully saturated rings. The monoisotopic (exact) mass is 590 g/mol. The maximum absolute atomic E-state index is 12.1. The van der Waals surface area contributed by atoms with E-state index in [1.165, 1.54) is 77.0 Å². The van der Waals surface area contributed by atoms with Crippen LogP contribution in [0.2, 0.25) is 0 Å². The Morgan fingerprint density at radius 1 is 0.548 bits per heavy atom. The van der Waals surface area contributed by atoms with Gasteiger partial charge in [0.2, 0.25) is 0 Å². The molecule has 0 amide bonds. The highest BCUT2D eigenvalue weighted by Gasteiger charge is 2.16. The summed E-state index contributed by atoms with van der Waals surface area (Å²) in [6.45, 7) is 4.07. The Bertz CT molecular complexity index is 682. The van der Waals surface area contributed by atoms with Gasteiger partial charge in [0.25, 0.3) is 0 Å². The minimum absolute atomic E-state index is 0.0730.